The molecule has 50 heavy (non-hydrogen) atoms. The highest BCUT2D eigenvalue weighted by molar-refractivity contribution is 6.09. The summed E-state index contributed by atoms with van der Waals surface area (Å²) < 4.78 is 41.3. The molecule has 4 heterocycles. The number of nitrogens with zero attached hydrogens (tertiary/aromatic N) is 6. The van der Waals surface area contributed by atoms with Gasteiger partial charge in [-0.05, 0) is 87.0 Å². The number of benzene rings is 3. The fraction of sp³-hybridized carbons (Fsp3) is 0.351. The van der Waals surface area contributed by atoms with Crippen LogP contribution in [0.25, 0.3) is 0 Å². The highest BCUT2D eigenvalue weighted by Gasteiger charge is 2.33. The number of fused-ring (bicyclic) bond motifs is 1. The molecule has 0 atom stereocenters. The van der Waals surface area contributed by atoms with Crippen LogP contribution in [0.4, 0.5) is 47.6 Å². The molecule has 260 valence electrons. The number of nitrogens with one attached hydrogen (secondary N) is 2. The van der Waals surface area contributed by atoms with Gasteiger partial charge in [-0.15, -0.1) is 0 Å². The van der Waals surface area contributed by atoms with E-state index in [1.807, 2.05) is 24.0 Å². The molecule has 2 fully saturated rings. The van der Waals surface area contributed by atoms with Crippen molar-refractivity contribution in [2.75, 3.05) is 78.2 Å². The molecule has 3 aromatic carbocycles. The lowest BCUT2D eigenvalue weighted by atomic mass is 10.0. The molecule has 2 saturated heterocycles. The molecule has 13 heteroatoms. The highest BCUT2D eigenvalue weighted by atomic mass is 19.4. The van der Waals surface area contributed by atoms with Crippen molar-refractivity contribution < 1.29 is 22.8 Å². The summed E-state index contributed by atoms with van der Waals surface area (Å²) in [6.45, 7) is 7.54. The van der Waals surface area contributed by atoms with Crippen LogP contribution >= 0.6 is 0 Å². The number of carbonyl (C=O) groups is 2. The number of halogens is 3. The van der Waals surface area contributed by atoms with Gasteiger partial charge in [0, 0.05) is 92.4 Å². The Morgan fingerprint density at radius 1 is 0.820 bits per heavy atom. The van der Waals surface area contributed by atoms with Gasteiger partial charge in [-0.1, -0.05) is 6.07 Å². The van der Waals surface area contributed by atoms with Gasteiger partial charge in [0.1, 0.15) is 0 Å². The summed E-state index contributed by atoms with van der Waals surface area (Å²) in [7, 11) is 2.13. The van der Waals surface area contributed by atoms with E-state index < -0.39 is 17.6 Å². The molecule has 7 rings (SSSR count). The van der Waals surface area contributed by atoms with Gasteiger partial charge in [0.25, 0.3) is 11.8 Å². The van der Waals surface area contributed by atoms with Crippen LogP contribution in [0.2, 0.25) is 0 Å². The van der Waals surface area contributed by atoms with E-state index in [1.165, 1.54) is 18.0 Å². The van der Waals surface area contributed by atoms with E-state index in [2.05, 4.69) is 49.6 Å². The van der Waals surface area contributed by atoms with Crippen LogP contribution in [0.15, 0.2) is 66.9 Å². The van der Waals surface area contributed by atoms with Crippen LogP contribution in [0.3, 0.4) is 0 Å². The number of hydrogen-bond acceptors (Lipinski definition) is 8. The van der Waals surface area contributed by atoms with E-state index in [0.717, 1.165) is 62.4 Å². The quantitative estimate of drug-likeness (QED) is 0.233. The number of amides is 2. The molecular formula is C37H39F3N8O2. The van der Waals surface area contributed by atoms with Crippen molar-refractivity contribution in [3.63, 3.8) is 0 Å². The van der Waals surface area contributed by atoms with Crippen LogP contribution in [-0.2, 0) is 12.6 Å². The lowest BCUT2D eigenvalue weighted by Crippen LogP contribution is -2.44. The van der Waals surface area contributed by atoms with E-state index in [4.69, 9.17) is 0 Å². The normalized spacial score (nSPS) is 16.8. The summed E-state index contributed by atoms with van der Waals surface area (Å²) in [5.74, 6) is -0.529. The third kappa shape index (κ3) is 7.09. The zero-order chi connectivity index (χ0) is 35.0. The number of hydrogen-bond donors (Lipinski definition) is 2. The topological polar surface area (TPSA) is 96.9 Å². The number of anilines is 6. The minimum absolute atomic E-state index is 0.0839. The summed E-state index contributed by atoms with van der Waals surface area (Å²) in [4.78, 5) is 44.3. The van der Waals surface area contributed by atoms with Gasteiger partial charge in [-0.2, -0.15) is 13.2 Å². The zero-order valence-corrected chi connectivity index (χ0v) is 28.1. The molecule has 0 bridgehead atoms. The molecule has 2 N–H and O–H groups in total. The second kappa shape index (κ2) is 13.6. The molecule has 0 unspecified atom stereocenters. The van der Waals surface area contributed by atoms with Crippen molar-refractivity contribution in [1.29, 1.82) is 0 Å². The van der Waals surface area contributed by atoms with Crippen LogP contribution in [0.1, 0.15) is 50.4 Å². The monoisotopic (exact) mass is 684 g/mol. The lowest BCUT2D eigenvalue weighted by Gasteiger charge is -2.34. The van der Waals surface area contributed by atoms with Crippen molar-refractivity contribution >= 4 is 46.2 Å². The van der Waals surface area contributed by atoms with Gasteiger partial charge < -0.3 is 30.2 Å². The van der Waals surface area contributed by atoms with Gasteiger partial charge in [0.2, 0.25) is 5.95 Å². The minimum Gasteiger partial charge on any atom is -0.372 e. The van der Waals surface area contributed by atoms with E-state index in [9.17, 15) is 22.8 Å². The second-order valence-corrected chi connectivity index (χ2v) is 13.1. The number of aryl methyl sites for hydroxylation is 1. The maximum absolute atomic E-state index is 13.8. The Morgan fingerprint density at radius 2 is 1.52 bits per heavy atom. The molecule has 1 aromatic heterocycles. The molecule has 0 radical (unpaired) electrons. The van der Waals surface area contributed by atoms with Crippen LogP contribution < -0.4 is 25.3 Å². The standard InChI is InChI=1S/C37H39F3N8O2/c1-24-5-6-28(42-34(49)25-19-26(37(38,39)40)21-30(20-25)46-12-3-4-13-46)22-33(24)48-14-11-32-31(35(48)50)23-41-36(44-32)43-27-7-9-29(10-8-27)47-17-15-45(2)16-18-47/h5-10,19-23H,3-4,11-18H2,1-2H3,(H,42,49)(H,41,43,44). The van der Waals surface area contributed by atoms with Crippen LogP contribution in [-0.4, -0.2) is 79.5 Å². The first-order chi connectivity index (χ1) is 24.0. The maximum atomic E-state index is 13.8. The molecule has 0 saturated carbocycles. The fourth-order valence-corrected chi connectivity index (χ4v) is 6.74. The molecule has 10 nitrogen and oxygen atoms in total. The first-order valence-corrected chi connectivity index (χ1v) is 16.9. The van der Waals surface area contributed by atoms with E-state index in [0.29, 0.717) is 60.3 Å². The number of rotatable bonds is 7. The molecule has 4 aromatic rings. The van der Waals surface area contributed by atoms with Gasteiger partial charge in [0.05, 0.1) is 16.8 Å². The predicted octanol–water partition coefficient (Wildman–Crippen LogP) is 6.35. The number of carbonyl (C=O) groups excluding carboxylic acids is 2. The Labute approximate surface area is 288 Å². The average Bonchev–Trinajstić information content (AvgIpc) is 3.65. The first kappa shape index (κ1) is 33.3. The minimum atomic E-state index is -4.59. The van der Waals surface area contributed by atoms with Gasteiger partial charge in [-0.3, -0.25) is 9.59 Å². The Hall–Kier alpha value is -5.17. The second-order valence-electron chi connectivity index (χ2n) is 13.1. The third-order valence-corrected chi connectivity index (χ3v) is 9.64. The Bertz CT molecular complexity index is 1900. The smallest absolute Gasteiger partial charge is 0.372 e. The average molecular weight is 685 g/mol. The molecular weight excluding hydrogens is 645 g/mol. The van der Waals surface area contributed by atoms with E-state index in [-0.39, 0.29) is 11.5 Å². The maximum Gasteiger partial charge on any atom is 0.416 e. The number of piperazine rings is 1. The van der Waals surface area contributed by atoms with E-state index in [1.54, 1.807) is 23.1 Å². The SMILES string of the molecule is Cc1ccc(NC(=O)c2cc(N3CCCC3)cc(C(F)(F)F)c2)cc1N1CCc2nc(Nc3ccc(N4CCN(C)CC4)cc3)ncc2C1=O. The molecule has 3 aliphatic heterocycles. The van der Waals surface area contributed by atoms with Crippen molar-refractivity contribution in [2.45, 2.75) is 32.4 Å². The van der Waals surface area contributed by atoms with Gasteiger partial charge in [0.15, 0.2) is 0 Å². The lowest BCUT2D eigenvalue weighted by molar-refractivity contribution is -0.137. The highest BCUT2D eigenvalue weighted by Crippen LogP contribution is 2.35. The third-order valence-electron chi connectivity index (χ3n) is 9.64. The first-order valence-electron chi connectivity index (χ1n) is 16.9. The zero-order valence-electron chi connectivity index (χ0n) is 28.1. The van der Waals surface area contributed by atoms with Crippen LogP contribution in [0, 0.1) is 6.92 Å². The molecule has 2 amide bonds. The van der Waals surface area contributed by atoms with Crippen molar-refractivity contribution in [3.05, 3.63) is 94.8 Å². The Balaban J connectivity index is 1.05. The number of aromatic nitrogens is 2. The number of likely N-dealkylation sites (N-methyl/N-ethyl adjacent to an activating group) is 1. The summed E-state index contributed by atoms with van der Waals surface area (Å²) in [6.07, 6.45) is -0.798. The fourth-order valence-electron chi connectivity index (χ4n) is 6.74. The van der Waals surface area contributed by atoms with Gasteiger partial charge in [-0.25, -0.2) is 9.97 Å². The van der Waals surface area contributed by atoms with E-state index >= 15 is 0 Å². The number of alkyl halides is 3. The van der Waals surface area contributed by atoms with Crippen LogP contribution in [0.5, 0.6) is 0 Å². The summed E-state index contributed by atoms with van der Waals surface area (Å²) in [5, 5.41) is 6.00. The molecule has 0 aliphatic carbocycles. The Kier molecular flexibility index (Phi) is 9.08. The largest absolute Gasteiger partial charge is 0.416 e. The summed E-state index contributed by atoms with van der Waals surface area (Å²) in [6, 6.07) is 16.8. The predicted molar refractivity (Wildman–Crippen MR) is 189 cm³/mol. The summed E-state index contributed by atoms with van der Waals surface area (Å²) in [5.41, 5.74) is 4.22. The van der Waals surface area contributed by atoms with Crippen molar-refractivity contribution in [3.8, 4) is 0 Å². The van der Waals surface area contributed by atoms with Crippen molar-refractivity contribution in [2.24, 2.45) is 0 Å². The molecule has 0 spiro atoms. The van der Waals surface area contributed by atoms with Gasteiger partial charge >= 0.3 is 6.18 Å². The summed E-state index contributed by atoms with van der Waals surface area (Å²) >= 11 is 0. The van der Waals surface area contributed by atoms with Crippen molar-refractivity contribution in [1.82, 2.24) is 14.9 Å². The molecule has 3 aliphatic rings. The Morgan fingerprint density at radius 3 is 2.24 bits per heavy atom.